The molecule has 1 unspecified atom stereocenters. The molecular formula is C23H21N3O6S2. The summed E-state index contributed by atoms with van der Waals surface area (Å²) >= 11 is 1.34. The lowest BCUT2D eigenvalue weighted by Gasteiger charge is -2.21. The molecule has 9 nitrogen and oxygen atoms in total. The molecule has 4 rings (SSSR count). The van der Waals surface area contributed by atoms with Gasteiger partial charge in [0.1, 0.15) is 17.9 Å². The van der Waals surface area contributed by atoms with Gasteiger partial charge < -0.3 is 14.7 Å². The highest BCUT2D eigenvalue weighted by molar-refractivity contribution is 7.89. The van der Waals surface area contributed by atoms with Gasteiger partial charge >= 0.3 is 5.97 Å². The number of carbonyl (C=O) groups is 2. The van der Waals surface area contributed by atoms with Crippen LogP contribution < -0.4 is 9.46 Å². The molecule has 2 heterocycles. The third-order valence-electron chi connectivity index (χ3n) is 5.75. The molecule has 1 aliphatic heterocycles. The van der Waals surface area contributed by atoms with Gasteiger partial charge in [0, 0.05) is 16.8 Å². The first-order chi connectivity index (χ1) is 16.2. The van der Waals surface area contributed by atoms with Crippen LogP contribution in [0.5, 0.6) is 5.75 Å². The number of sulfonamides is 1. The number of thiophene rings is 1. The van der Waals surface area contributed by atoms with Crippen LogP contribution in [0.3, 0.4) is 0 Å². The van der Waals surface area contributed by atoms with Crippen LogP contribution in [0.15, 0.2) is 52.7 Å². The fourth-order valence-electron chi connectivity index (χ4n) is 3.98. The van der Waals surface area contributed by atoms with E-state index in [0.717, 1.165) is 10.3 Å². The number of benzene rings is 2. The minimum atomic E-state index is -4.23. The van der Waals surface area contributed by atoms with E-state index in [1.165, 1.54) is 35.5 Å². The maximum absolute atomic E-state index is 13.1. The highest BCUT2D eigenvalue weighted by atomic mass is 32.2. The van der Waals surface area contributed by atoms with Crippen LogP contribution in [0.2, 0.25) is 0 Å². The van der Waals surface area contributed by atoms with Crippen LogP contribution in [0, 0.1) is 17.2 Å². The Hall–Kier alpha value is -3.46. The van der Waals surface area contributed by atoms with Crippen molar-refractivity contribution in [1.82, 2.24) is 9.62 Å². The van der Waals surface area contributed by atoms with Gasteiger partial charge in [-0.3, -0.25) is 9.59 Å². The number of methoxy groups -OCH3 is 1. The Kier molecular flexibility index (Phi) is 6.56. The van der Waals surface area contributed by atoms with E-state index in [4.69, 9.17) is 10.00 Å². The second-order valence-corrected chi connectivity index (χ2v) is 10.6. The van der Waals surface area contributed by atoms with Gasteiger partial charge in [-0.2, -0.15) is 9.98 Å². The van der Waals surface area contributed by atoms with Crippen molar-refractivity contribution in [2.75, 3.05) is 13.7 Å². The Balaban J connectivity index is 1.54. The zero-order chi connectivity index (χ0) is 24.5. The van der Waals surface area contributed by atoms with Crippen LogP contribution in [0.4, 0.5) is 0 Å². The van der Waals surface area contributed by atoms with E-state index in [-0.39, 0.29) is 17.9 Å². The summed E-state index contributed by atoms with van der Waals surface area (Å²) in [5.41, 5.74) is 0.493. The lowest BCUT2D eigenvalue weighted by molar-refractivity contribution is -0.144. The zero-order valence-electron chi connectivity index (χ0n) is 18.1. The van der Waals surface area contributed by atoms with Gasteiger partial charge in [0.05, 0.1) is 30.0 Å². The lowest BCUT2D eigenvalue weighted by atomic mass is 9.99. The average molecular weight is 500 g/mol. The van der Waals surface area contributed by atoms with Gasteiger partial charge in [0.2, 0.25) is 15.9 Å². The van der Waals surface area contributed by atoms with Gasteiger partial charge in [0.15, 0.2) is 0 Å². The van der Waals surface area contributed by atoms with Gasteiger partial charge in [0.25, 0.3) is 0 Å². The summed E-state index contributed by atoms with van der Waals surface area (Å²) in [4.78, 5) is 27.1. The topological polar surface area (TPSA) is 137 Å². The van der Waals surface area contributed by atoms with Gasteiger partial charge in [-0.1, -0.05) is 12.1 Å². The van der Waals surface area contributed by atoms with E-state index >= 15 is 0 Å². The summed E-state index contributed by atoms with van der Waals surface area (Å²) in [5.74, 6) is -2.34. The van der Waals surface area contributed by atoms with E-state index in [1.54, 1.807) is 35.7 Å². The summed E-state index contributed by atoms with van der Waals surface area (Å²) in [6.45, 7) is 0.540. The normalized spacial score (nSPS) is 17.0. The van der Waals surface area contributed by atoms with Gasteiger partial charge in [-0.25, -0.2) is 8.42 Å². The molecular weight excluding hydrogens is 478 g/mol. The average Bonchev–Trinajstić information content (AvgIpc) is 3.43. The summed E-state index contributed by atoms with van der Waals surface area (Å²) in [6, 6.07) is 11.8. The van der Waals surface area contributed by atoms with Crippen molar-refractivity contribution in [2.24, 2.45) is 5.92 Å². The van der Waals surface area contributed by atoms with Crippen LogP contribution in [-0.4, -0.2) is 50.0 Å². The Morgan fingerprint density at radius 1 is 1.29 bits per heavy atom. The second kappa shape index (κ2) is 9.42. The first kappa shape index (κ1) is 23.7. The standard InChI is InChI=1S/C23H21N3O6S2/c1-32-17-4-2-15-3-5-19(10-16(15)9-17)34(30,31)25-21(23(28)29)20-6-7-26(22(20)27)12-18-8-14(11-24)13-33-18/h2-5,8-10,13,20-21,25H,6-7,12H2,1H3,(H,28,29)/t20-,21?/m0/s1. The van der Waals surface area contributed by atoms with Crippen molar-refractivity contribution in [1.29, 1.82) is 5.26 Å². The Morgan fingerprint density at radius 2 is 2.06 bits per heavy atom. The maximum atomic E-state index is 13.1. The Morgan fingerprint density at radius 3 is 2.74 bits per heavy atom. The first-order valence-corrected chi connectivity index (χ1v) is 12.7. The van der Waals surface area contributed by atoms with Gasteiger partial charge in [-0.15, -0.1) is 11.3 Å². The van der Waals surface area contributed by atoms with E-state index in [2.05, 4.69) is 4.72 Å². The molecule has 2 N–H and O–H groups in total. The summed E-state index contributed by atoms with van der Waals surface area (Å²) in [6.07, 6.45) is 0.198. The van der Waals surface area contributed by atoms with Gasteiger partial charge in [-0.05, 0) is 47.5 Å². The smallest absolute Gasteiger partial charge is 0.322 e. The van der Waals surface area contributed by atoms with Crippen LogP contribution in [0.25, 0.3) is 10.8 Å². The fraction of sp³-hybridized carbons (Fsp3) is 0.261. The molecule has 176 valence electrons. The van der Waals surface area contributed by atoms with Crippen molar-refractivity contribution >= 4 is 44.0 Å². The molecule has 1 aliphatic rings. The minimum absolute atomic E-state index is 0.107. The number of carboxylic acid groups (broad SMARTS) is 1. The fourth-order valence-corrected chi connectivity index (χ4v) is 6.07. The highest BCUT2D eigenvalue weighted by Gasteiger charge is 2.43. The largest absolute Gasteiger partial charge is 0.497 e. The van der Waals surface area contributed by atoms with E-state index in [0.29, 0.717) is 23.2 Å². The van der Waals surface area contributed by atoms with Crippen molar-refractivity contribution in [3.63, 3.8) is 0 Å². The van der Waals surface area contributed by atoms with Crippen molar-refractivity contribution in [3.05, 3.63) is 58.3 Å². The third-order valence-corrected chi connectivity index (χ3v) is 8.11. The van der Waals surface area contributed by atoms with Crippen LogP contribution >= 0.6 is 11.3 Å². The molecule has 1 amide bonds. The van der Waals surface area contributed by atoms with Crippen molar-refractivity contribution in [2.45, 2.75) is 23.9 Å². The molecule has 1 saturated heterocycles. The lowest BCUT2D eigenvalue weighted by Crippen LogP contribution is -2.48. The van der Waals surface area contributed by atoms with Crippen LogP contribution in [-0.2, 0) is 26.2 Å². The number of aliphatic carboxylic acids is 1. The summed E-state index contributed by atoms with van der Waals surface area (Å²) < 4.78 is 33.5. The molecule has 0 aliphatic carbocycles. The number of hydrogen-bond acceptors (Lipinski definition) is 7. The van der Waals surface area contributed by atoms with E-state index in [1.807, 2.05) is 6.07 Å². The number of hydrogen-bond donors (Lipinski definition) is 2. The summed E-state index contributed by atoms with van der Waals surface area (Å²) in [5, 5.41) is 21.8. The number of ether oxygens (including phenoxy) is 1. The minimum Gasteiger partial charge on any atom is -0.497 e. The zero-order valence-corrected chi connectivity index (χ0v) is 19.7. The highest BCUT2D eigenvalue weighted by Crippen LogP contribution is 2.28. The molecule has 2 aromatic carbocycles. The quantitative estimate of drug-likeness (QED) is 0.486. The number of amides is 1. The molecule has 34 heavy (non-hydrogen) atoms. The van der Waals surface area contributed by atoms with E-state index < -0.39 is 33.9 Å². The number of carboxylic acids is 1. The first-order valence-electron chi connectivity index (χ1n) is 10.3. The number of nitriles is 1. The predicted molar refractivity (Wildman–Crippen MR) is 125 cm³/mol. The maximum Gasteiger partial charge on any atom is 0.322 e. The van der Waals surface area contributed by atoms with Crippen molar-refractivity contribution in [3.8, 4) is 11.8 Å². The van der Waals surface area contributed by atoms with Crippen LogP contribution in [0.1, 0.15) is 16.9 Å². The second-order valence-electron chi connectivity index (χ2n) is 7.88. The number of fused-ring (bicyclic) bond motifs is 1. The Bertz CT molecular complexity index is 1410. The Labute approximate surface area is 200 Å². The molecule has 1 aromatic heterocycles. The number of carbonyl (C=O) groups excluding carboxylic acids is 1. The third kappa shape index (κ3) is 4.75. The number of likely N-dealkylation sites (tertiary alicyclic amines) is 1. The molecule has 3 aromatic rings. The molecule has 1 fully saturated rings. The molecule has 0 saturated carbocycles. The number of nitrogens with one attached hydrogen (secondary N) is 1. The molecule has 0 radical (unpaired) electrons. The SMILES string of the molecule is COc1ccc2ccc(S(=O)(=O)NC(C(=O)O)[C@@H]3CCN(Cc4cc(C#N)cs4)C3=O)cc2c1. The monoisotopic (exact) mass is 499 g/mol. The molecule has 2 atom stereocenters. The molecule has 11 heteroatoms. The number of rotatable bonds is 8. The summed E-state index contributed by atoms with van der Waals surface area (Å²) in [7, 11) is -2.73. The molecule has 0 bridgehead atoms. The van der Waals surface area contributed by atoms with Crippen molar-refractivity contribution < 1.29 is 27.9 Å². The van der Waals surface area contributed by atoms with E-state index in [9.17, 15) is 23.1 Å². The molecule has 0 spiro atoms. The predicted octanol–water partition coefficient (Wildman–Crippen LogP) is 2.56. The number of nitrogens with zero attached hydrogens (tertiary/aromatic N) is 2.